The van der Waals surface area contributed by atoms with Gasteiger partial charge < -0.3 is 24.2 Å². The highest BCUT2D eigenvalue weighted by molar-refractivity contribution is 7.15. The standard InChI is InChI=1S/C27H28F2N4O5S/c1-15(2)32-14-27(3,26(37)31-6-8-38-9-7-31)33-13-19(22(34)23(35)21(33)25(32)36)24-30-12-18(39-24)10-16-4-5-17(28)11-20(16)29/h4-5,11-13,15,35H,6-10,14H2,1-3H3. The molecule has 12 heteroatoms. The molecule has 0 aliphatic carbocycles. The molecule has 4 heterocycles. The van der Waals surface area contributed by atoms with Gasteiger partial charge in [0, 0.05) is 48.9 Å². The van der Waals surface area contributed by atoms with Crippen molar-refractivity contribution in [3.8, 4) is 16.3 Å². The van der Waals surface area contributed by atoms with E-state index in [0.29, 0.717) is 31.2 Å². The fraction of sp³-hybridized carbons (Fsp3) is 0.407. The summed E-state index contributed by atoms with van der Waals surface area (Å²) in [6.45, 7) is 6.88. The van der Waals surface area contributed by atoms with Crippen LogP contribution in [0.15, 0.2) is 35.4 Å². The van der Waals surface area contributed by atoms with Crippen LogP contribution in [0.5, 0.6) is 5.75 Å². The van der Waals surface area contributed by atoms with Crippen LogP contribution in [0.1, 0.15) is 41.7 Å². The number of rotatable bonds is 5. The van der Waals surface area contributed by atoms with Gasteiger partial charge in [0.05, 0.1) is 25.3 Å². The van der Waals surface area contributed by atoms with Crippen molar-refractivity contribution in [3.05, 3.63) is 68.6 Å². The van der Waals surface area contributed by atoms with E-state index in [1.807, 2.05) is 0 Å². The summed E-state index contributed by atoms with van der Waals surface area (Å²) in [6, 6.07) is 3.02. The molecule has 1 saturated heterocycles. The lowest BCUT2D eigenvalue weighted by Crippen LogP contribution is -2.62. The number of benzene rings is 1. The highest BCUT2D eigenvalue weighted by Gasteiger charge is 2.48. The first-order valence-corrected chi connectivity index (χ1v) is 13.4. The number of carbonyl (C=O) groups is 2. The molecule has 0 spiro atoms. The van der Waals surface area contributed by atoms with Gasteiger partial charge in [-0.2, -0.15) is 0 Å². The number of ether oxygens (including phenoxy) is 1. The third kappa shape index (κ3) is 4.71. The van der Waals surface area contributed by atoms with Crippen molar-refractivity contribution in [2.75, 3.05) is 32.8 Å². The highest BCUT2D eigenvalue weighted by atomic mass is 32.1. The molecule has 39 heavy (non-hydrogen) atoms. The Bertz CT molecular complexity index is 1510. The van der Waals surface area contributed by atoms with Gasteiger partial charge in [0.15, 0.2) is 11.4 Å². The quantitative estimate of drug-likeness (QED) is 0.517. The third-order valence-electron chi connectivity index (χ3n) is 7.20. The molecule has 2 aliphatic heterocycles. The molecule has 206 valence electrons. The van der Waals surface area contributed by atoms with Crippen molar-refractivity contribution in [3.63, 3.8) is 0 Å². The number of halogens is 2. The SMILES string of the molecule is CC(C)N1CC(C)(C(=O)N2CCOCC2)n2cc(-c3ncc(Cc4ccc(F)cc4F)s3)c(=O)c(O)c2C1=O. The van der Waals surface area contributed by atoms with Crippen molar-refractivity contribution in [1.82, 2.24) is 19.4 Å². The van der Waals surface area contributed by atoms with Gasteiger partial charge in [-0.3, -0.25) is 14.4 Å². The molecule has 2 aromatic heterocycles. The van der Waals surface area contributed by atoms with Crippen LogP contribution in [0.4, 0.5) is 8.78 Å². The lowest BCUT2D eigenvalue weighted by Gasteiger charge is -2.46. The Hall–Kier alpha value is -3.64. The summed E-state index contributed by atoms with van der Waals surface area (Å²) in [5.41, 5.74) is -2.09. The second kappa shape index (κ2) is 10.2. The Morgan fingerprint density at radius 2 is 1.95 bits per heavy atom. The Morgan fingerprint density at radius 1 is 1.23 bits per heavy atom. The van der Waals surface area contributed by atoms with Crippen LogP contribution < -0.4 is 5.43 Å². The normalized spacial score (nSPS) is 19.5. The average Bonchev–Trinajstić information content (AvgIpc) is 3.37. The summed E-state index contributed by atoms with van der Waals surface area (Å²) in [4.78, 5) is 48.7. The molecule has 0 radical (unpaired) electrons. The minimum absolute atomic E-state index is 0.0128. The zero-order chi connectivity index (χ0) is 28.1. The molecule has 0 bridgehead atoms. The predicted molar refractivity (Wildman–Crippen MR) is 140 cm³/mol. The van der Waals surface area contributed by atoms with Crippen LogP contribution in [0.2, 0.25) is 0 Å². The number of amides is 2. The van der Waals surface area contributed by atoms with Crippen LogP contribution in [-0.4, -0.2) is 75.2 Å². The van der Waals surface area contributed by atoms with Crippen molar-refractivity contribution in [2.24, 2.45) is 0 Å². The second-order valence-corrected chi connectivity index (χ2v) is 11.3. The molecular weight excluding hydrogens is 530 g/mol. The Kier molecular flexibility index (Phi) is 7.02. The van der Waals surface area contributed by atoms with Gasteiger partial charge in [-0.1, -0.05) is 6.07 Å². The fourth-order valence-electron chi connectivity index (χ4n) is 5.02. The van der Waals surface area contributed by atoms with Crippen LogP contribution in [0.3, 0.4) is 0 Å². The van der Waals surface area contributed by atoms with Gasteiger partial charge in [0.1, 0.15) is 22.2 Å². The van der Waals surface area contributed by atoms with E-state index in [2.05, 4.69) is 4.98 Å². The highest BCUT2D eigenvalue weighted by Crippen LogP contribution is 2.36. The molecule has 9 nitrogen and oxygen atoms in total. The Morgan fingerprint density at radius 3 is 2.62 bits per heavy atom. The molecule has 0 saturated carbocycles. The summed E-state index contributed by atoms with van der Waals surface area (Å²) >= 11 is 1.11. The van der Waals surface area contributed by atoms with Crippen LogP contribution in [0, 0.1) is 11.6 Å². The molecule has 1 unspecified atom stereocenters. The van der Waals surface area contributed by atoms with E-state index in [9.17, 15) is 28.3 Å². The van der Waals surface area contributed by atoms with Gasteiger partial charge in [-0.15, -0.1) is 11.3 Å². The van der Waals surface area contributed by atoms with Gasteiger partial charge in [-0.05, 0) is 32.4 Å². The topological polar surface area (TPSA) is 105 Å². The molecule has 1 N–H and O–H groups in total. The molecule has 3 aromatic rings. The Balaban J connectivity index is 1.60. The fourth-order valence-corrected chi connectivity index (χ4v) is 5.97. The zero-order valence-corrected chi connectivity index (χ0v) is 22.6. The maximum absolute atomic E-state index is 14.2. The first kappa shape index (κ1) is 26.9. The van der Waals surface area contributed by atoms with Crippen LogP contribution in [-0.2, 0) is 21.5 Å². The third-order valence-corrected chi connectivity index (χ3v) is 8.23. The van der Waals surface area contributed by atoms with Crippen molar-refractivity contribution >= 4 is 23.2 Å². The van der Waals surface area contributed by atoms with Gasteiger partial charge in [0.2, 0.25) is 5.43 Å². The first-order chi connectivity index (χ1) is 18.5. The predicted octanol–water partition coefficient (Wildman–Crippen LogP) is 2.98. The number of hydrogen-bond donors (Lipinski definition) is 1. The van der Waals surface area contributed by atoms with E-state index >= 15 is 0 Å². The number of pyridine rings is 1. The number of hydrogen-bond acceptors (Lipinski definition) is 7. The molecule has 1 atom stereocenters. The number of morpholine rings is 1. The average molecular weight is 559 g/mol. The number of aromatic nitrogens is 2. The minimum Gasteiger partial charge on any atom is -0.503 e. The first-order valence-electron chi connectivity index (χ1n) is 12.6. The van der Waals surface area contributed by atoms with Gasteiger partial charge >= 0.3 is 0 Å². The van der Waals surface area contributed by atoms with Crippen LogP contribution in [0.25, 0.3) is 10.6 Å². The van der Waals surface area contributed by atoms with Crippen molar-refractivity contribution in [1.29, 1.82) is 0 Å². The van der Waals surface area contributed by atoms with E-state index in [1.165, 1.54) is 27.9 Å². The maximum atomic E-state index is 14.2. The summed E-state index contributed by atoms with van der Waals surface area (Å²) in [6.07, 6.45) is 3.01. The zero-order valence-electron chi connectivity index (χ0n) is 21.7. The summed E-state index contributed by atoms with van der Waals surface area (Å²) < 4.78 is 34.3. The minimum atomic E-state index is -1.32. The van der Waals surface area contributed by atoms with Gasteiger partial charge in [0.25, 0.3) is 11.8 Å². The number of carbonyl (C=O) groups excluding carboxylic acids is 2. The summed E-state index contributed by atoms with van der Waals surface area (Å²) in [7, 11) is 0. The molecule has 1 aromatic carbocycles. The van der Waals surface area contributed by atoms with E-state index in [4.69, 9.17) is 4.74 Å². The number of nitrogens with zero attached hydrogens (tertiary/aromatic N) is 4. The van der Waals surface area contributed by atoms with Crippen molar-refractivity contribution in [2.45, 2.75) is 38.8 Å². The number of thiazole rings is 1. The van der Waals surface area contributed by atoms with Crippen LogP contribution >= 0.6 is 11.3 Å². The number of fused-ring (bicyclic) bond motifs is 1. The summed E-state index contributed by atoms with van der Waals surface area (Å²) in [5.74, 6) is -2.94. The largest absolute Gasteiger partial charge is 0.503 e. The maximum Gasteiger partial charge on any atom is 0.274 e. The second-order valence-electron chi connectivity index (χ2n) is 10.2. The van der Waals surface area contributed by atoms with Gasteiger partial charge in [-0.25, -0.2) is 13.8 Å². The Labute approximate surface area is 227 Å². The molecule has 5 rings (SSSR count). The lowest BCUT2D eigenvalue weighted by atomic mass is 9.92. The summed E-state index contributed by atoms with van der Waals surface area (Å²) in [5, 5.41) is 11.3. The molecule has 2 amide bonds. The molecule has 1 fully saturated rings. The van der Waals surface area contributed by atoms with Crippen molar-refractivity contribution < 1.29 is 28.2 Å². The lowest BCUT2D eigenvalue weighted by molar-refractivity contribution is -0.145. The smallest absolute Gasteiger partial charge is 0.274 e. The van der Waals surface area contributed by atoms with E-state index < -0.39 is 34.3 Å². The monoisotopic (exact) mass is 558 g/mol. The van der Waals surface area contributed by atoms with E-state index in [0.717, 1.165) is 23.5 Å². The molecule has 2 aliphatic rings. The number of aromatic hydroxyl groups is 1. The molecular formula is C27H28F2N4O5S. The van der Waals surface area contributed by atoms with E-state index in [1.54, 1.807) is 25.7 Å². The van der Waals surface area contributed by atoms with E-state index in [-0.39, 0.29) is 46.7 Å².